The molecule has 3 aromatic heterocycles. The van der Waals surface area contributed by atoms with E-state index in [9.17, 15) is 14.7 Å². The fourth-order valence-electron chi connectivity index (χ4n) is 2.40. The van der Waals surface area contributed by atoms with Crippen molar-refractivity contribution >= 4 is 17.1 Å². The van der Waals surface area contributed by atoms with Crippen molar-refractivity contribution in [1.82, 2.24) is 19.1 Å². The Kier molecular flexibility index (Phi) is 4.23. The van der Waals surface area contributed by atoms with Crippen LogP contribution in [0.15, 0.2) is 32.4 Å². The minimum Gasteiger partial charge on any atom is -0.467 e. The number of furan rings is 1. The molecule has 1 unspecified atom stereocenters. The lowest BCUT2D eigenvalue weighted by Crippen LogP contribution is -2.30. The lowest BCUT2D eigenvalue weighted by Gasteiger charge is -2.12. The highest BCUT2D eigenvalue weighted by molar-refractivity contribution is 5.74. The van der Waals surface area contributed by atoms with Gasteiger partial charge < -0.3 is 24.5 Å². The number of aliphatic hydroxyl groups excluding tert-OH is 2. The van der Waals surface area contributed by atoms with Crippen LogP contribution in [0, 0.1) is 0 Å². The van der Waals surface area contributed by atoms with Crippen LogP contribution in [-0.4, -0.2) is 42.0 Å². The van der Waals surface area contributed by atoms with Gasteiger partial charge in [-0.2, -0.15) is 4.98 Å². The van der Waals surface area contributed by atoms with Gasteiger partial charge in [0, 0.05) is 7.05 Å². The summed E-state index contributed by atoms with van der Waals surface area (Å²) in [4.78, 5) is 30.4. The Morgan fingerprint density at radius 1 is 1.46 bits per heavy atom. The standard InChI is InChI=1S/C14H17N5O5/c1-18-11-10(12(22)17-14(18)23)19(6-8(21)7-20)13(16-11)15-5-9-3-2-4-24-9/h2-4,8,20-21H,5-7H2,1H3,(H,15,16)(H,17,22,23). The van der Waals surface area contributed by atoms with E-state index in [0.29, 0.717) is 12.3 Å². The second-order valence-corrected chi connectivity index (χ2v) is 5.31. The van der Waals surface area contributed by atoms with Gasteiger partial charge in [-0.05, 0) is 12.1 Å². The molecule has 0 radical (unpaired) electrons. The first-order chi connectivity index (χ1) is 11.5. The van der Waals surface area contributed by atoms with E-state index in [2.05, 4.69) is 15.3 Å². The summed E-state index contributed by atoms with van der Waals surface area (Å²) in [5.74, 6) is 0.930. The Morgan fingerprint density at radius 3 is 2.92 bits per heavy atom. The summed E-state index contributed by atoms with van der Waals surface area (Å²) in [5.41, 5.74) is -0.892. The van der Waals surface area contributed by atoms with Crippen LogP contribution < -0.4 is 16.6 Å². The number of nitrogens with zero attached hydrogens (tertiary/aromatic N) is 3. The minimum absolute atomic E-state index is 0.0607. The molecule has 1 atom stereocenters. The number of fused-ring (bicyclic) bond motifs is 1. The molecule has 0 spiro atoms. The summed E-state index contributed by atoms with van der Waals surface area (Å²) in [6.45, 7) is -0.229. The van der Waals surface area contributed by atoms with Crippen LogP contribution in [-0.2, 0) is 20.1 Å². The van der Waals surface area contributed by atoms with Crippen LogP contribution in [0.4, 0.5) is 5.95 Å². The maximum absolute atomic E-state index is 12.2. The molecule has 0 aromatic carbocycles. The van der Waals surface area contributed by atoms with Gasteiger partial charge in [-0.1, -0.05) is 0 Å². The average Bonchev–Trinajstić information content (AvgIpc) is 3.18. The summed E-state index contributed by atoms with van der Waals surface area (Å²) in [5, 5.41) is 21.8. The lowest BCUT2D eigenvalue weighted by atomic mass is 10.3. The van der Waals surface area contributed by atoms with E-state index in [4.69, 9.17) is 9.52 Å². The number of anilines is 1. The van der Waals surface area contributed by atoms with Crippen molar-refractivity contribution < 1.29 is 14.6 Å². The van der Waals surface area contributed by atoms with E-state index in [1.165, 1.54) is 22.4 Å². The summed E-state index contributed by atoms with van der Waals surface area (Å²) < 4.78 is 7.86. The molecule has 0 fully saturated rings. The van der Waals surface area contributed by atoms with Gasteiger partial charge in [0.05, 0.1) is 32.1 Å². The van der Waals surface area contributed by atoms with Crippen molar-refractivity contribution in [3.63, 3.8) is 0 Å². The first-order valence-electron chi connectivity index (χ1n) is 7.26. The number of H-pyrrole nitrogens is 1. The molecular weight excluding hydrogens is 318 g/mol. The molecule has 24 heavy (non-hydrogen) atoms. The van der Waals surface area contributed by atoms with Gasteiger partial charge in [0.25, 0.3) is 5.56 Å². The van der Waals surface area contributed by atoms with Gasteiger partial charge >= 0.3 is 5.69 Å². The number of aromatic amines is 1. The first-order valence-corrected chi connectivity index (χ1v) is 7.26. The third-order valence-electron chi connectivity index (χ3n) is 3.61. The largest absolute Gasteiger partial charge is 0.467 e. The van der Waals surface area contributed by atoms with E-state index in [-0.39, 0.29) is 23.7 Å². The molecule has 0 saturated heterocycles. The zero-order valence-corrected chi connectivity index (χ0v) is 12.9. The normalized spacial score (nSPS) is 12.6. The van der Waals surface area contributed by atoms with Gasteiger partial charge in [0.1, 0.15) is 5.76 Å². The number of rotatable bonds is 6. The highest BCUT2D eigenvalue weighted by Gasteiger charge is 2.19. The number of hydrogen-bond donors (Lipinski definition) is 4. The summed E-state index contributed by atoms with van der Waals surface area (Å²) >= 11 is 0. The second-order valence-electron chi connectivity index (χ2n) is 5.31. The maximum Gasteiger partial charge on any atom is 0.329 e. The van der Waals surface area contributed by atoms with Gasteiger partial charge in [0.2, 0.25) is 5.95 Å². The maximum atomic E-state index is 12.2. The second kappa shape index (κ2) is 6.34. The SMILES string of the molecule is Cn1c(=O)[nH]c(=O)c2c1nc(NCc1ccco1)n2CC(O)CO. The number of aryl methyl sites for hydroxylation is 1. The average molecular weight is 335 g/mol. The van der Waals surface area contributed by atoms with Gasteiger partial charge in [0.15, 0.2) is 11.2 Å². The van der Waals surface area contributed by atoms with Crippen LogP contribution in [0.2, 0.25) is 0 Å². The van der Waals surface area contributed by atoms with E-state index < -0.39 is 24.0 Å². The highest BCUT2D eigenvalue weighted by atomic mass is 16.3. The molecule has 0 aliphatic rings. The predicted molar refractivity (Wildman–Crippen MR) is 84.7 cm³/mol. The summed E-state index contributed by atoms with van der Waals surface area (Å²) in [7, 11) is 1.48. The van der Waals surface area contributed by atoms with Crippen molar-refractivity contribution in [3.8, 4) is 0 Å². The number of aromatic nitrogens is 4. The van der Waals surface area contributed by atoms with Crippen LogP contribution >= 0.6 is 0 Å². The van der Waals surface area contributed by atoms with E-state index in [0.717, 1.165) is 0 Å². The molecular formula is C14H17N5O5. The number of imidazole rings is 1. The van der Waals surface area contributed by atoms with Gasteiger partial charge in [-0.25, -0.2) is 4.79 Å². The molecule has 10 heteroatoms. The summed E-state index contributed by atoms with van der Waals surface area (Å²) in [6.07, 6.45) is 0.451. The molecule has 3 heterocycles. The van der Waals surface area contributed by atoms with E-state index in [1.807, 2.05) is 0 Å². The Balaban J connectivity index is 2.10. The van der Waals surface area contributed by atoms with Gasteiger partial charge in [-0.15, -0.1) is 0 Å². The molecule has 0 aliphatic heterocycles. The molecule has 3 rings (SSSR count). The third kappa shape index (κ3) is 2.84. The molecule has 0 amide bonds. The van der Waals surface area contributed by atoms with Crippen molar-refractivity contribution in [2.24, 2.45) is 7.05 Å². The Morgan fingerprint density at radius 2 is 2.25 bits per heavy atom. The zero-order chi connectivity index (χ0) is 17.3. The Hall–Kier alpha value is -2.85. The lowest BCUT2D eigenvalue weighted by molar-refractivity contribution is 0.0824. The zero-order valence-electron chi connectivity index (χ0n) is 12.9. The van der Waals surface area contributed by atoms with E-state index >= 15 is 0 Å². The minimum atomic E-state index is -1.08. The number of nitrogens with one attached hydrogen (secondary N) is 2. The summed E-state index contributed by atoms with van der Waals surface area (Å²) in [6, 6.07) is 3.51. The van der Waals surface area contributed by atoms with Crippen molar-refractivity contribution in [2.45, 2.75) is 19.2 Å². The number of hydrogen-bond acceptors (Lipinski definition) is 7. The molecule has 4 N–H and O–H groups in total. The van der Waals surface area contributed by atoms with Crippen LogP contribution in [0.5, 0.6) is 0 Å². The van der Waals surface area contributed by atoms with Crippen LogP contribution in [0.25, 0.3) is 11.2 Å². The van der Waals surface area contributed by atoms with E-state index in [1.54, 1.807) is 12.1 Å². The first kappa shape index (κ1) is 16.0. The molecule has 10 nitrogen and oxygen atoms in total. The quantitative estimate of drug-likeness (QED) is 0.452. The molecule has 128 valence electrons. The number of aliphatic hydroxyl groups is 2. The highest BCUT2D eigenvalue weighted by Crippen LogP contribution is 2.17. The van der Waals surface area contributed by atoms with Gasteiger partial charge in [-0.3, -0.25) is 14.3 Å². The fourth-order valence-corrected chi connectivity index (χ4v) is 2.40. The fraction of sp³-hybridized carbons (Fsp3) is 0.357. The van der Waals surface area contributed by atoms with Crippen molar-refractivity contribution in [1.29, 1.82) is 0 Å². The van der Waals surface area contributed by atoms with Crippen molar-refractivity contribution in [3.05, 3.63) is 45.0 Å². The Bertz CT molecular complexity index is 952. The monoisotopic (exact) mass is 335 g/mol. The molecule has 0 saturated carbocycles. The third-order valence-corrected chi connectivity index (χ3v) is 3.61. The van der Waals surface area contributed by atoms with Crippen molar-refractivity contribution in [2.75, 3.05) is 11.9 Å². The van der Waals surface area contributed by atoms with Crippen LogP contribution in [0.1, 0.15) is 5.76 Å². The smallest absolute Gasteiger partial charge is 0.329 e. The Labute approximate surface area is 135 Å². The van der Waals surface area contributed by atoms with Crippen LogP contribution in [0.3, 0.4) is 0 Å². The molecule has 0 aliphatic carbocycles. The molecule has 3 aromatic rings. The topological polar surface area (TPSA) is 138 Å². The molecule has 0 bridgehead atoms. The predicted octanol–water partition coefficient (Wildman–Crippen LogP) is -1.02.